The van der Waals surface area contributed by atoms with Gasteiger partial charge in [-0.1, -0.05) is 18.2 Å². The molecular formula is C14H18ClN3. The zero-order chi connectivity index (χ0) is 12.8. The number of hydrogen-bond acceptors (Lipinski definition) is 2. The first-order valence-electron chi connectivity index (χ1n) is 6.12. The van der Waals surface area contributed by atoms with E-state index in [1.165, 1.54) is 5.69 Å². The molecule has 2 rings (SSSR count). The Labute approximate surface area is 113 Å². The molecule has 0 aliphatic rings. The van der Waals surface area contributed by atoms with Gasteiger partial charge >= 0.3 is 0 Å². The van der Waals surface area contributed by atoms with E-state index in [0.29, 0.717) is 5.88 Å². The number of nitrogens with zero attached hydrogens (tertiary/aromatic N) is 3. The van der Waals surface area contributed by atoms with Crippen molar-refractivity contribution in [2.75, 3.05) is 18.5 Å². The maximum absolute atomic E-state index is 5.84. The summed E-state index contributed by atoms with van der Waals surface area (Å²) in [6.07, 6.45) is 4.75. The van der Waals surface area contributed by atoms with Crippen molar-refractivity contribution in [2.45, 2.75) is 18.8 Å². The Kier molecular flexibility index (Phi) is 4.65. The van der Waals surface area contributed by atoms with Gasteiger partial charge in [-0.3, -0.25) is 0 Å². The summed E-state index contributed by atoms with van der Waals surface area (Å²) in [5, 5.41) is 0. The van der Waals surface area contributed by atoms with E-state index < -0.39 is 0 Å². The summed E-state index contributed by atoms with van der Waals surface area (Å²) < 4.78 is 2.12. The second kappa shape index (κ2) is 6.45. The van der Waals surface area contributed by atoms with Crippen molar-refractivity contribution in [2.24, 2.45) is 0 Å². The molecule has 0 spiro atoms. The highest BCUT2D eigenvalue weighted by molar-refractivity contribution is 6.16. The highest BCUT2D eigenvalue weighted by Gasteiger charge is 2.02. The largest absolute Gasteiger partial charge is 0.375 e. The molecule has 0 atom stereocenters. The maximum atomic E-state index is 5.84. The Hall–Kier alpha value is -1.48. The van der Waals surface area contributed by atoms with Crippen LogP contribution >= 0.6 is 11.6 Å². The molecule has 0 aliphatic heterocycles. The maximum Gasteiger partial charge on any atom is 0.0948 e. The van der Waals surface area contributed by atoms with E-state index in [0.717, 1.165) is 25.2 Å². The Morgan fingerprint density at radius 1 is 1.28 bits per heavy atom. The van der Waals surface area contributed by atoms with Crippen molar-refractivity contribution in [1.29, 1.82) is 0 Å². The molecule has 1 aromatic carbocycles. The molecule has 0 radical (unpaired) electrons. The highest BCUT2D eigenvalue weighted by Crippen LogP contribution is 2.11. The van der Waals surface area contributed by atoms with E-state index in [1.807, 2.05) is 18.6 Å². The lowest BCUT2D eigenvalue weighted by Gasteiger charge is -2.19. The van der Waals surface area contributed by atoms with E-state index >= 15 is 0 Å². The number of alkyl halides is 1. The van der Waals surface area contributed by atoms with Gasteiger partial charge in [0.1, 0.15) is 0 Å². The summed E-state index contributed by atoms with van der Waals surface area (Å²) in [6, 6.07) is 10.4. The summed E-state index contributed by atoms with van der Waals surface area (Å²) >= 11 is 5.84. The van der Waals surface area contributed by atoms with Crippen LogP contribution in [0.3, 0.4) is 0 Å². The van der Waals surface area contributed by atoms with Gasteiger partial charge in [0.05, 0.1) is 17.9 Å². The van der Waals surface area contributed by atoms with Crippen molar-refractivity contribution in [3.63, 3.8) is 0 Å². The van der Waals surface area contributed by atoms with Gasteiger partial charge in [-0.05, 0) is 18.6 Å². The molecule has 96 valence electrons. The summed E-state index contributed by atoms with van der Waals surface area (Å²) in [4.78, 5) is 6.38. The lowest BCUT2D eigenvalue weighted by molar-refractivity contribution is 0.623. The molecule has 18 heavy (non-hydrogen) atoms. The number of para-hydroxylation sites is 1. The van der Waals surface area contributed by atoms with Crippen LogP contribution in [-0.4, -0.2) is 23.1 Å². The third-order valence-corrected chi connectivity index (χ3v) is 3.30. The van der Waals surface area contributed by atoms with Gasteiger partial charge < -0.3 is 9.47 Å². The molecule has 0 aliphatic carbocycles. The van der Waals surface area contributed by atoms with Crippen molar-refractivity contribution >= 4 is 17.3 Å². The fourth-order valence-electron chi connectivity index (χ4n) is 1.95. The minimum absolute atomic E-state index is 0.522. The number of aromatic nitrogens is 2. The van der Waals surface area contributed by atoms with Gasteiger partial charge in [-0.2, -0.15) is 0 Å². The first-order valence-corrected chi connectivity index (χ1v) is 6.66. The molecule has 0 amide bonds. The molecule has 1 aromatic heterocycles. The molecule has 0 unspecified atom stereocenters. The van der Waals surface area contributed by atoms with E-state index in [4.69, 9.17) is 11.6 Å². The van der Waals surface area contributed by atoms with Crippen LogP contribution in [0, 0.1) is 0 Å². The second-order valence-electron chi connectivity index (χ2n) is 4.32. The van der Waals surface area contributed by atoms with Gasteiger partial charge in [0.25, 0.3) is 0 Å². The molecule has 2 aromatic rings. The SMILES string of the molecule is CN(CCCn1cncc1CCl)c1ccccc1. The number of aryl methyl sites for hydroxylation is 1. The normalized spacial score (nSPS) is 10.6. The van der Waals surface area contributed by atoms with Crippen LogP contribution in [0.25, 0.3) is 0 Å². The van der Waals surface area contributed by atoms with Crippen molar-refractivity contribution in [1.82, 2.24) is 9.55 Å². The molecule has 0 saturated heterocycles. The summed E-state index contributed by atoms with van der Waals surface area (Å²) in [7, 11) is 2.12. The molecular weight excluding hydrogens is 246 g/mol. The van der Waals surface area contributed by atoms with Crippen LogP contribution in [0.5, 0.6) is 0 Å². The Bertz CT molecular complexity index is 467. The van der Waals surface area contributed by atoms with Crippen LogP contribution < -0.4 is 4.90 Å². The topological polar surface area (TPSA) is 21.1 Å². The average molecular weight is 264 g/mol. The molecule has 4 heteroatoms. The van der Waals surface area contributed by atoms with E-state index in [2.05, 4.69) is 45.8 Å². The van der Waals surface area contributed by atoms with Crippen LogP contribution in [0.4, 0.5) is 5.69 Å². The van der Waals surface area contributed by atoms with Gasteiger partial charge in [-0.25, -0.2) is 4.98 Å². The number of rotatable bonds is 6. The zero-order valence-corrected chi connectivity index (χ0v) is 11.3. The van der Waals surface area contributed by atoms with Crippen molar-refractivity contribution < 1.29 is 0 Å². The summed E-state index contributed by atoms with van der Waals surface area (Å²) in [5.74, 6) is 0.522. The summed E-state index contributed by atoms with van der Waals surface area (Å²) in [6.45, 7) is 1.98. The first kappa shape index (κ1) is 13.0. The Morgan fingerprint density at radius 2 is 2.06 bits per heavy atom. The van der Waals surface area contributed by atoms with Crippen LogP contribution in [-0.2, 0) is 12.4 Å². The number of anilines is 1. The predicted molar refractivity (Wildman–Crippen MR) is 76.1 cm³/mol. The summed E-state index contributed by atoms with van der Waals surface area (Å²) in [5.41, 5.74) is 2.33. The Morgan fingerprint density at radius 3 is 2.78 bits per heavy atom. The molecule has 3 nitrogen and oxygen atoms in total. The third-order valence-electron chi connectivity index (χ3n) is 3.02. The van der Waals surface area contributed by atoms with Gasteiger partial charge in [0.15, 0.2) is 0 Å². The van der Waals surface area contributed by atoms with E-state index in [1.54, 1.807) is 0 Å². The van der Waals surface area contributed by atoms with Crippen LogP contribution in [0.15, 0.2) is 42.9 Å². The van der Waals surface area contributed by atoms with Gasteiger partial charge in [0, 0.05) is 32.0 Å². The predicted octanol–water partition coefficient (Wildman–Crippen LogP) is 3.15. The third kappa shape index (κ3) is 3.26. The quantitative estimate of drug-likeness (QED) is 0.747. The number of benzene rings is 1. The van der Waals surface area contributed by atoms with Crippen molar-refractivity contribution in [3.05, 3.63) is 48.5 Å². The fraction of sp³-hybridized carbons (Fsp3) is 0.357. The second-order valence-corrected chi connectivity index (χ2v) is 4.59. The standard InChI is InChI=1S/C14H18ClN3/c1-17(13-6-3-2-4-7-13)8-5-9-18-12-16-11-14(18)10-15/h2-4,6-7,11-12H,5,8-10H2,1H3. The van der Waals surface area contributed by atoms with Gasteiger partial charge in [0.2, 0.25) is 0 Å². The monoisotopic (exact) mass is 263 g/mol. The lowest BCUT2D eigenvalue weighted by atomic mass is 10.3. The van der Waals surface area contributed by atoms with Crippen molar-refractivity contribution in [3.8, 4) is 0 Å². The molecule has 0 bridgehead atoms. The molecule has 0 saturated carbocycles. The Balaban J connectivity index is 1.82. The van der Waals surface area contributed by atoms with E-state index in [9.17, 15) is 0 Å². The number of hydrogen-bond donors (Lipinski definition) is 0. The minimum Gasteiger partial charge on any atom is -0.375 e. The lowest BCUT2D eigenvalue weighted by Crippen LogP contribution is -2.19. The number of imidazole rings is 1. The number of halogens is 1. The van der Waals surface area contributed by atoms with Gasteiger partial charge in [-0.15, -0.1) is 11.6 Å². The van der Waals surface area contributed by atoms with Crippen LogP contribution in [0.1, 0.15) is 12.1 Å². The molecule has 1 heterocycles. The minimum atomic E-state index is 0.522. The highest BCUT2D eigenvalue weighted by atomic mass is 35.5. The fourth-order valence-corrected chi connectivity index (χ4v) is 2.17. The molecule has 0 N–H and O–H groups in total. The first-order chi connectivity index (χ1) is 8.81. The zero-order valence-electron chi connectivity index (χ0n) is 10.6. The molecule has 0 fully saturated rings. The average Bonchev–Trinajstić information content (AvgIpc) is 2.87. The van der Waals surface area contributed by atoms with Crippen LogP contribution in [0.2, 0.25) is 0 Å². The van der Waals surface area contributed by atoms with E-state index in [-0.39, 0.29) is 0 Å². The smallest absolute Gasteiger partial charge is 0.0948 e.